The summed E-state index contributed by atoms with van der Waals surface area (Å²) >= 11 is 1.12. The lowest BCUT2D eigenvalue weighted by atomic mass is 10.1. The van der Waals surface area contributed by atoms with Crippen molar-refractivity contribution in [2.24, 2.45) is 0 Å². The van der Waals surface area contributed by atoms with Crippen LogP contribution < -0.4 is 5.32 Å². The smallest absolute Gasteiger partial charge is 0.341 e. The molecule has 0 bridgehead atoms. The molecule has 1 aromatic heterocycles. The van der Waals surface area contributed by atoms with Crippen molar-refractivity contribution in [3.63, 3.8) is 0 Å². The lowest BCUT2D eigenvalue weighted by molar-refractivity contribution is -0.117. The van der Waals surface area contributed by atoms with Gasteiger partial charge in [0, 0.05) is 14.1 Å². The predicted molar refractivity (Wildman–Crippen MR) is 102 cm³/mol. The standard InChI is InChI=1S/C18H27N3O4S/c1-5-25-18(24)14-12(2)15(17(23)20(3)4)26-16(14)19-13(22)11-21-9-7-6-8-10-21/h5-11H2,1-4H3,(H,19,22). The van der Waals surface area contributed by atoms with Crippen molar-refractivity contribution in [3.8, 4) is 0 Å². The van der Waals surface area contributed by atoms with Crippen LogP contribution in [0.3, 0.4) is 0 Å². The van der Waals surface area contributed by atoms with Crippen molar-refractivity contribution >= 4 is 34.1 Å². The highest BCUT2D eigenvalue weighted by atomic mass is 32.1. The summed E-state index contributed by atoms with van der Waals surface area (Å²) in [6.07, 6.45) is 3.40. The highest BCUT2D eigenvalue weighted by Gasteiger charge is 2.27. The first-order valence-corrected chi connectivity index (χ1v) is 9.71. The Morgan fingerprint density at radius 3 is 2.42 bits per heavy atom. The first-order chi connectivity index (χ1) is 12.3. The van der Waals surface area contributed by atoms with E-state index in [2.05, 4.69) is 10.2 Å². The molecule has 0 spiro atoms. The molecule has 1 saturated heterocycles. The van der Waals surface area contributed by atoms with Gasteiger partial charge in [-0.3, -0.25) is 14.5 Å². The maximum Gasteiger partial charge on any atom is 0.341 e. The molecule has 0 atom stereocenters. The summed E-state index contributed by atoms with van der Waals surface area (Å²) in [5.41, 5.74) is 0.814. The highest BCUT2D eigenvalue weighted by molar-refractivity contribution is 7.18. The van der Waals surface area contributed by atoms with Crippen LogP contribution in [-0.4, -0.2) is 67.9 Å². The molecule has 144 valence electrons. The summed E-state index contributed by atoms with van der Waals surface area (Å²) in [7, 11) is 3.31. The Bertz CT molecular complexity index is 678. The van der Waals surface area contributed by atoms with Crippen molar-refractivity contribution in [1.82, 2.24) is 9.80 Å². The summed E-state index contributed by atoms with van der Waals surface area (Å²) in [6.45, 7) is 5.76. The molecular formula is C18H27N3O4S. The number of carbonyl (C=O) groups is 3. The molecule has 2 amide bonds. The number of rotatable bonds is 6. The van der Waals surface area contributed by atoms with Crippen LogP contribution in [-0.2, 0) is 9.53 Å². The second-order valence-corrected chi connectivity index (χ2v) is 7.59. The van der Waals surface area contributed by atoms with Gasteiger partial charge in [0.15, 0.2) is 0 Å². The van der Waals surface area contributed by atoms with E-state index in [4.69, 9.17) is 4.74 Å². The lowest BCUT2D eigenvalue weighted by Gasteiger charge is -2.25. The SMILES string of the molecule is CCOC(=O)c1c(NC(=O)CN2CCCCC2)sc(C(=O)N(C)C)c1C. The first kappa shape index (κ1) is 20.4. The van der Waals surface area contributed by atoms with Gasteiger partial charge in [-0.25, -0.2) is 4.79 Å². The van der Waals surface area contributed by atoms with Crippen molar-refractivity contribution in [3.05, 3.63) is 16.0 Å². The average Bonchev–Trinajstić information content (AvgIpc) is 2.91. The number of likely N-dealkylation sites (tertiary alicyclic amines) is 1. The third-order valence-electron chi connectivity index (χ3n) is 4.30. The number of hydrogen-bond donors (Lipinski definition) is 1. The quantitative estimate of drug-likeness (QED) is 0.766. The molecule has 7 nitrogen and oxygen atoms in total. The number of nitrogens with zero attached hydrogens (tertiary/aromatic N) is 2. The van der Waals surface area contributed by atoms with Crippen LogP contribution in [0.25, 0.3) is 0 Å². The van der Waals surface area contributed by atoms with Crippen molar-refractivity contribution in [2.45, 2.75) is 33.1 Å². The maximum atomic E-state index is 12.4. The van der Waals surface area contributed by atoms with Crippen molar-refractivity contribution < 1.29 is 19.1 Å². The van der Waals surface area contributed by atoms with Crippen LogP contribution in [0.15, 0.2) is 0 Å². The molecule has 0 radical (unpaired) electrons. The number of thiophene rings is 1. The number of carbonyl (C=O) groups excluding carboxylic acids is 3. The summed E-state index contributed by atoms with van der Waals surface area (Å²) in [6, 6.07) is 0. The summed E-state index contributed by atoms with van der Waals surface area (Å²) < 4.78 is 5.12. The van der Waals surface area contributed by atoms with E-state index in [0.717, 1.165) is 37.3 Å². The zero-order chi connectivity index (χ0) is 19.3. The van der Waals surface area contributed by atoms with Crippen LogP contribution in [0.4, 0.5) is 5.00 Å². The zero-order valence-corrected chi connectivity index (χ0v) is 16.7. The van der Waals surface area contributed by atoms with Crippen molar-refractivity contribution in [1.29, 1.82) is 0 Å². The average molecular weight is 381 g/mol. The van der Waals surface area contributed by atoms with Gasteiger partial charge in [-0.2, -0.15) is 0 Å². The van der Waals surface area contributed by atoms with Gasteiger partial charge >= 0.3 is 5.97 Å². The van der Waals surface area contributed by atoms with E-state index in [1.165, 1.54) is 11.3 Å². The minimum absolute atomic E-state index is 0.178. The number of hydrogen-bond acceptors (Lipinski definition) is 6. The minimum atomic E-state index is -0.521. The highest BCUT2D eigenvalue weighted by Crippen LogP contribution is 2.34. The number of nitrogens with one attached hydrogen (secondary N) is 1. The molecule has 0 aliphatic carbocycles. The van der Waals surface area contributed by atoms with E-state index in [0.29, 0.717) is 15.4 Å². The molecule has 1 fully saturated rings. The van der Waals surface area contributed by atoms with Gasteiger partial charge in [0.2, 0.25) is 5.91 Å². The Hall–Kier alpha value is -1.93. The molecule has 0 aromatic carbocycles. The molecule has 2 rings (SSSR count). The molecule has 1 aliphatic heterocycles. The second-order valence-electron chi connectivity index (χ2n) is 6.57. The molecule has 8 heteroatoms. The Balaban J connectivity index is 2.24. The van der Waals surface area contributed by atoms with E-state index in [9.17, 15) is 14.4 Å². The van der Waals surface area contributed by atoms with Gasteiger partial charge in [0.1, 0.15) is 5.00 Å². The molecular weight excluding hydrogens is 354 g/mol. The van der Waals surface area contributed by atoms with Gasteiger partial charge in [-0.05, 0) is 45.3 Å². The third kappa shape index (κ3) is 4.82. The third-order valence-corrected chi connectivity index (χ3v) is 5.49. The fourth-order valence-electron chi connectivity index (χ4n) is 2.94. The summed E-state index contributed by atoms with van der Waals surface area (Å²) in [5, 5.41) is 3.20. The van der Waals surface area contributed by atoms with Gasteiger partial charge in [0.05, 0.1) is 23.6 Å². The van der Waals surface area contributed by atoms with E-state index < -0.39 is 5.97 Å². The molecule has 1 aliphatic rings. The number of piperidine rings is 1. The van der Waals surface area contributed by atoms with Gasteiger partial charge < -0.3 is 15.0 Å². The second kappa shape index (κ2) is 9.14. The van der Waals surface area contributed by atoms with Crippen LogP contribution in [0.5, 0.6) is 0 Å². The van der Waals surface area contributed by atoms with E-state index in [1.807, 2.05) is 0 Å². The molecule has 1 aromatic rings. The Labute approximate surface area is 158 Å². The van der Waals surface area contributed by atoms with Gasteiger partial charge in [-0.15, -0.1) is 11.3 Å². The molecule has 1 N–H and O–H groups in total. The Morgan fingerprint density at radius 2 is 1.85 bits per heavy atom. The van der Waals surface area contributed by atoms with Crippen LogP contribution in [0.1, 0.15) is 51.8 Å². The zero-order valence-electron chi connectivity index (χ0n) is 15.9. The normalized spacial score (nSPS) is 14.8. The molecule has 0 unspecified atom stereocenters. The number of esters is 1. The fraction of sp³-hybridized carbons (Fsp3) is 0.611. The molecule has 26 heavy (non-hydrogen) atoms. The maximum absolute atomic E-state index is 12.4. The van der Waals surface area contributed by atoms with Gasteiger partial charge in [0.25, 0.3) is 5.91 Å². The number of amides is 2. The van der Waals surface area contributed by atoms with Crippen LogP contribution >= 0.6 is 11.3 Å². The van der Waals surface area contributed by atoms with Crippen molar-refractivity contribution in [2.75, 3.05) is 45.7 Å². The molecule has 2 heterocycles. The Morgan fingerprint density at radius 1 is 1.19 bits per heavy atom. The molecule has 0 saturated carbocycles. The fourth-order valence-corrected chi connectivity index (χ4v) is 4.18. The summed E-state index contributed by atoms with van der Waals surface area (Å²) in [4.78, 5) is 41.2. The van der Waals surface area contributed by atoms with E-state index >= 15 is 0 Å². The number of anilines is 1. The predicted octanol–water partition coefficient (Wildman–Crippen LogP) is 2.36. The van der Waals surface area contributed by atoms with Crippen LogP contribution in [0, 0.1) is 6.92 Å². The van der Waals surface area contributed by atoms with Gasteiger partial charge in [-0.1, -0.05) is 6.42 Å². The van der Waals surface area contributed by atoms with E-state index in [-0.39, 0.29) is 30.5 Å². The first-order valence-electron chi connectivity index (χ1n) is 8.89. The lowest BCUT2D eigenvalue weighted by Crippen LogP contribution is -2.36. The minimum Gasteiger partial charge on any atom is -0.462 e. The topological polar surface area (TPSA) is 79.0 Å². The largest absolute Gasteiger partial charge is 0.462 e. The Kier molecular flexibility index (Phi) is 7.16. The van der Waals surface area contributed by atoms with E-state index in [1.54, 1.807) is 27.9 Å². The monoisotopic (exact) mass is 381 g/mol. The summed E-state index contributed by atoms with van der Waals surface area (Å²) in [5.74, 6) is -0.899. The number of ether oxygens (including phenoxy) is 1. The van der Waals surface area contributed by atoms with Crippen LogP contribution in [0.2, 0.25) is 0 Å².